The maximum absolute atomic E-state index is 11.9. The zero-order chi connectivity index (χ0) is 11.8. The molecule has 1 N–H and O–H groups in total. The van der Waals surface area contributed by atoms with Gasteiger partial charge < -0.3 is 4.98 Å². The lowest BCUT2D eigenvalue weighted by Crippen LogP contribution is -2.14. The second-order valence-corrected chi connectivity index (χ2v) is 4.19. The molecule has 84 valence electrons. The minimum absolute atomic E-state index is 0.167. The second kappa shape index (κ2) is 3.78. The van der Waals surface area contributed by atoms with Crippen LogP contribution in [0, 0.1) is 0 Å². The summed E-state index contributed by atoms with van der Waals surface area (Å²) >= 11 is 4.22. The van der Waals surface area contributed by atoms with E-state index in [0.29, 0.717) is 0 Å². The van der Waals surface area contributed by atoms with Gasteiger partial charge in [-0.1, -0.05) is 0 Å². The van der Waals surface area contributed by atoms with E-state index in [1.807, 2.05) is 30.3 Å². The van der Waals surface area contributed by atoms with Crippen LogP contribution in [-0.2, 0) is 0 Å². The maximum atomic E-state index is 11.9. The Balaban J connectivity index is 2.33. The van der Waals surface area contributed by atoms with Gasteiger partial charge in [-0.05, 0) is 30.3 Å². The first-order valence-electron chi connectivity index (χ1n) is 5.10. The molecule has 0 saturated heterocycles. The van der Waals surface area contributed by atoms with Gasteiger partial charge in [-0.15, -0.1) is 12.6 Å². The summed E-state index contributed by atoms with van der Waals surface area (Å²) in [6.45, 7) is 0. The normalized spacial score (nSPS) is 10.9. The van der Waals surface area contributed by atoms with Crippen molar-refractivity contribution in [2.24, 2.45) is 0 Å². The molecule has 0 saturated carbocycles. The van der Waals surface area contributed by atoms with Crippen molar-refractivity contribution < 1.29 is 0 Å². The van der Waals surface area contributed by atoms with Crippen LogP contribution in [0.2, 0.25) is 0 Å². The summed E-state index contributed by atoms with van der Waals surface area (Å²) in [5.74, 6) is 0. The summed E-state index contributed by atoms with van der Waals surface area (Å²) in [5, 5.41) is 0. The molecule has 4 nitrogen and oxygen atoms in total. The lowest BCUT2D eigenvalue weighted by molar-refractivity contribution is 1.01. The SMILES string of the molecule is O=c1[nH]c2cnccc2n1-c1ccc(S)cc1. The number of imidazole rings is 1. The highest BCUT2D eigenvalue weighted by molar-refractivity contribution is 7.80. The van der Waals surface area contributed by atoms with Gasteiger partial charge >= 0.3 is 5.69 Å². The largest absolute Gasteiger partial charge is 0.331 e. The number of nitrogens with zero attached hydrogens (tertiary/aromatic N) is 2. The summed E-state index contributed by atoms with van der Waals surface area (Å²) in [4.78, 5) is 19.5. The number of benzene rings is 1. The molecule has 0 aliphatic carbocycles. The number of hydrogen-bond donors (Lipinski definition) is 2. The van der Waals surface area contributed by atoms with E-state index in [2.05, 4.69) is 22.6 Å². The molecule has 2 aromatic heterocycles. The van der Waals surface area contributed by atoms with Crippen molar-refractivity contribution in [2.75, 3.05) is 0 Å². The second-order valence-electron chi connectivity index (χ2n) is 3.67. The number of pyridine rings is 1. The Morgan fingerprint density at radius 1 is 1.18 bits per heavy atom. The fraction of sp³-hybridized carbons (Fsp3) is 0. The summed E-state index contributed by atoms with van der Waals surface area (Å²) in [7, 11) is 0. The first-order valence-corrected chi connectivity index (χ1v) is 5.54. The first kappa shape index (κ1) is 10.2. The number of fused-ring (bicyclic) bond motifs is 1. The number of nitrogens with one attached hydrogen (secondary N) is 1. The fourth-order valence-electron chi connectivity index (χ4n) is 1.82. The van der Waals surface area contributed by atoms with E-state index in [1.54, 1.807) is 17.0 Å². The molecule has 3 rings (SSSR count). The zero-order valence-corrected chi connectivity index (χ0v) is 9.69. The van der Waals surface area contributed by atoms with Gasteiger partial charge in [0, 0.05) is 11.1 Å². The molecular weight excluding hydrogens is 234 g/mol. The van der Waals surface area contributed by atoms with Crippen molar-refractivity contribution in [1.82, 2.24) is 14.5 Å². The first-order chi connectivity index (χ1) is 8.25. The molecule has 0 spiro atoms. The Labute approximate surface area is 102 Å². The van der Waals surface area contributed by atoms with Gasteiger partial charge in [0.25, 0.3) is 0 Å². The summed E-state index contributed by atoms with van der Waals surface area (Å²) in [6.07, 6.45) is 3.30. The number of aromatic amines is 1. The van der Waals surface area contributed by atoms with E-state index in [9.17, 15) is 4.79 Å². The standard InChI is InChI=1S/C12H9N3OS/c16-12-14-10-7-13-6-5-11(10)15(12)8-1-3-9(17)4-2-8/h1-7,17H,(H,14,16). The van der Waals surface area contributed by atoms with Crippen molar-refractivity contribution in [2.45, 2.75) is 4.90 Å². The third kappa shape index (κ3) is 1.64. The van der Waals surface area contributed by atoms with E-state index >= 15 is 0 Å². The predicted octanol–water partition coefficient (Wildman–Crippen LogP) is 2.00. The molecule has 5 heteroatoms. The molecule has 0 aliphatic heterocycles. The molecule has 0 amide bonds. The van der Waals surface area contributed by atoms with Crippen LogP contribution in [0.5, 0.6) is 0 Å². The van der Waals surface area contributed by atoms with Gasteiger partial charge in [0.05, 0.1) is 22.9 Å². The average molecular weight is 243 g/mol. The Hall–Kier alpha value is -2.01. The minimum Gasteiger partial charge on any atom is -0.304 e. The van der Waals surface area contributed by atoms with E-state index < -0.39 is 0 Å². The quantitative estimate of drug-likeness (QED) is 0.642. The Bertz CT molecular complexity index is 727. The van der Waals surface area contributed by atoms with Crippen molar-refractivity contribution in [3.8, 4) is 5.69 Å². The number of thiol groups is 1. The molecule has 3 aromatic rings. The minimum atomic E-state index is -0.167. The number of H-pyrrole nitrogens is 1. The van der Waals surface area contributed by atoms with Gasteiger partial charge in [0.1, 0.15) is 0 Å². The Kier molecular flexibility index (Phi) is 2.26. The maximum Gasteiger partial charge on any atom is 0.331 e. The number of hydrogen-bond acceptors (Lipinski definition) is 3. The zero-order valence-electron chi connectivity index (χ0n) is 8.79. The number of aromatic nitrogens is 3. The topological polar surface area (TPSA) is 50.7 Å². The van der Waals surface area contributed by atoms with Crippen LogP contribution in [-0.4, -0.2) is 14.5 Å². The third-order valence-electron chi connectivity index (χ3n) is 2.59. The molecule has 0 bridgehead atoms. The van der Waals surface area contributed by atoms with Crippen molar-refractivity contribution in [1.29, 1.82) is 0 Å². The number of rotatable bonds is 1. The summed E-state index contributed by atoms with van der Waals surface area (Å²) in [6, 6.07) is 9.23. The highest BCUT2D eigenvalue weighted by Crippen LogP contribution is 2.15. The smallest absolute Gasteiger partial charge is 0.304 e. The van der Waals surface area contributed by atoms with Crippen LogP contribution in [0.4, 0.5) is 0 Å². The molecule has 0 atom stereocenters. The van der Waals surface area contributed by atoms with Crippen molar-refractivity contribution in [3.05, 3.63) is 53.2 Å². The van der Waals surface area contributed by atoms with E-state index in [1.165, 1.54) is 0 Å². The van der Waals surface area contributed by atoms with E-state index in [0.717, 1.165) is 21.6 Å². The molecule has 0 fully saturated rings. The molecular formula is C12H9N3OS. The van der Waals surface area contributed by atoms with Gasteiger partial charge in [-0.2, -0.15) is 0 Å². The Morgan fingerprint density at radius 3 is 2.71 bits per heavy atom. The van der Waals surface area contributed by atoms with Gasteiger partial charge in [-0.3, -0.25) is 9.55 Å². The van der Waals surface area contributed by atoms with Crippen LogP contribution >= 0.6 is 12.6 Å². The Morgan fingerprint density at radius 2 is 1.94 bits per heavy atom. The van der Waals surface area contributed by atoms with Crippen LogP contribution in [0.1, 0.15) is 0 Å². The molecule has 0 radical (unpaired) electrons. The fourth-order valence-corrected chi connectivity index (χ4v) is 1.97. The third-order valence-corrected chi connectivity index (χ3v) is 2.89. The summed E-state index contributed by atoms with van der Waals surface area (Å²) in [5.41, 5.74) is 2.19. The summed E-state index contributed by atoms with van der Waals surface area (Å²) < 4.78 is 1.62. The average Bonchev–Trinajstić information content (AvgIpc) is 2.66. The van der Waals surface area contributed by atoms with Crippen molar-refractivity contribution >= 4 is 23.7 Å². The molecule has 17 heavy (non-hydrogen) atoms. The van der Waals surface area contributed by atoms with Gasteiger partial charge in [0.2, 0.25) is 0 Å². The van der Waals surface area contributed by atoms with E-state index in [-0.39, 0.29) is 5.69 Å². The molecule has 2 heterocycles. The lowest BCUT2D eigenvalue weighted by atomic mass is 10.3. The molecule has 1 aromatic carbocycles. The van der Waals surface area contributed by atoms with E-state index in [4.69, 9.17) is 0 Å². The van der Waals surface area contributed by atoms with Crippen LogP contribution in [0.15, 0.2) is 52.4 Å². The van der Waals surface area contributed by atoms with Crippen LogP contribution in [0.25, 0.3) is 16.7 Å². The van der Waals surface area contributed by atoms with Crippen LogP contribution in [0.3, 0.4) is 0 Å². The van der Waals surface area contributed by atoms with Crippen LogP contribution < -0.4 is 5.69 Å². The monoisotopic (exact) mass is 243 g/mol. The van der Waals surface area contributed by atoms with Gasteiger partial charge in [-0.25, -0.2) is 4.79 Å². The van der Waals surface area contributed by atoms with Gasteiger partial charge in [0.15, 0.2) is 0 Å². The van der Waals surface area contributed by atoms with Crippen molar-refractivity contribution in [3.63, 3.8) is 0 Å². The molecule has 0 unspecified atom stereocenters. The highest BCUT2D eigenvalue weighted by atomic mass is 32.1. The predicted molar refractivity (Wildman–Crippen MR) is 68.9 cm³/mol. The lowest BCUT2D eigenvalue weighted by Gasteiger charge is -2.02. The molecule has 0 aliphatic rings. The highest BCUT2D eigenvalue weighted by Gasteiger charge is 2.07.